The Kier molecular flexibility index (Phi) is 6.13. The minimum absolute atomic E-state index is 0.604. The van der Waals surface area contributed by atoms with Gasteiger partial charge in [-0.3, -0.25) is 4.57 Å². The lowest BCUT2D eigenvalue weighted by Gasteiger charge is -2.37. The molecule has 0 N–H and O–H groups in total. The second kappa shape index (κ2) is 9.74. The van der Waals surface area contributed by atoms with Crippen LogP contribution in [0.15, 0.2) is 79.1 Å². The van der Waals surface area contributed by atoms with Crippen LogP contribution in [0, 0.1) is 11.3 Å². The number of para-hydroxylation sites is 1. The maximum absolute atomic E-state index is 9.52. The van der Waals surface area contributed by atoms with Crippen LogP contribution < -0.4 is 9.80 Å². The Morgan fingerprint density at radius 2 is 1.49 bits per heavy atom. The maximum atomic E-state index is 9.52. The molecule has 0 atom stereocenters. The molecular formula is C28H21Cl2N7. The topological polar surface area (TPSA) is 73.9 Å². The highest BCUT2D eigenvalue weighted by atomic mass is 35.5. The second-order valence-electron chi connectivity index (χ2n) is 8.70. The molecule has 0 bridgehead atoms. The molecule has 1 saturated heterocycles. The fraction of sp³-hybridized carbons (Fsp3) is 0.143. The first kappa shape index (κ1) is 23.3. The molecule has 0 spiro atoms. The van der Waals surface area contributed by atoms with E-state index in [4.69, 9.17) is 28.2 Å². The molecule has 1 aliphatic rings. The second-order valence-corrected chi connectivity index (χ2v) is 9.54. The average Bonchev–Trinajstić information content (AvgIpc) is 3.33. The van der Waals surface area contributed by atoms with Gasteiger partial charge in [0.1, 0.15) is 18.2 Å². The zero-order chi connectivity index (χ0) is 25.4. The summed E-state index contributed by atoms with van der Waals surface area (Å²) in [5.41, 5.74) is 4.74. The number of aromatic nitrogens is 4. The molecule has 0 aliphatic carbocycles. The Morgan fingerprint density at radius 1 is 0.784 bits per heavy atom. The number of benzene rings is 3. The first-order valence-corrected chi connectivity index (χ1v) is 12.6. The van der Waals surface area contributed by atoms with Crippen molar-refractivity contribution in [3.05, 3.63) is 94.7 Å². The normalized spacial score (nSPS) is 13.6. The smallest absolute Gasteiger partial charge is 0.170 e. The van der Waals surface area contributed by atoms with Crippen LogP contribution in [-0.2, 0) is 0 Å². The molecule has 9 heteroatoms. The van der Waals surface area contributed by atoms with Crippen molar-refractivity contribution >= 4 is 45.9 Å². The molecule has 37 heavy (non-hydrogen) atoms. The summed E-state index contributed by atoms with van der Waals surface area (Å²) in [4.78, 5) is 18.8. The van der Waals surface area contributed by atoms with Crippen molar-refractivity contribution < 1.29 is 0 Å². The van der Waals surface area contributed by atoms with Crippen LogP contribution in [0.2, 0.25) is 10.0 Å². The number of halogens is 2. The molecule has 7 nitrogen and oxygen atoms in total. The number of hydrogen-bond donors (Lipinski definition) is 0. The number of nitriles is 1. The number of rotatable bonds is 4. The first-order chi connectivity index (χ1) is 18.1. The Hall–Kier alpha value is -4.12. The van der Waals surface area contributed by atoms with Crippen LogP contribution in [-0.4, -0.2) is 45.7 Å². The first-order valence-electron chi connectivity index (χ1n) is 11.9. The number of nitrogens with zero attached hydrogens (tertiary/aromatic N) is 7. The fourth-order valence-electron chi connectivity index (χ4n) is 4.77. The molecule has 0 unspecified atom stereocenters. The van der Waals surface area contributed by atoms with E-state index < -0.39 is 0 Å². The highest BCUT2D eigenvalue weighted by molar-refractivity contribution is 6.33. The van der Waals surface area contributed by atoms with Gasteiger partial charge in [-0.25, -0.2) is 15.0 Å². The summed E-state index contributed by atoms with van der Waals surface area (Å²) in [6, 6.07) is 25.2. The zero-order valence-corrected chi connectivity index (χ0v) is 21.2. The summed E-state index contributed by atoms with van der Waals surface area (Å²) >= 11 is 12.8. The molecule has 5 aromatic rings. The lowest BCUT2D eigenvalue weighted by atomic mass is 10.1. The number of piperazine rings is 1. The third-order valence-corrected chi connectivity index (χ3v) is 7.15. The summed E-state index contributed by atoms with van der Waals surface area (Å²) in [6.45, 7) is 3.00. The quantitative estimate of drug-likeness (QED) is 0.287. The predicted octanol–water partition coefficient (Wildman–Crippen LogP) is 5.99. The molecular weight excluding hydrogens is 505 g/mol. The van der Waals surface area contributed by atoms with Gasteiger partial charge in [-0.2, -0.15) is 5.26 Å². The molecule has 0 saturated carbocycles. The van der Waals surface area contributed by atoms with Crippen molar-refractivity contribution in [3.8, 4) is 23.1 Å². The van der Waals surface area contributed by atoms with Gasteiger partial charge in [0.05, 0.1) is 16.3 Å². The van der Waals surface area contributed by atoms with Crippen molar-refractivity contribution in [1.29, 1.82) is 5.26 Å². The fourth-order valence-corrected chi connectivity index (χ4v) is 5.12. The van der Waals surface area contributed by atoms with E-state index >= 15 is 0 Å². The van der Waals surface area contributed by atoms with E-state index in [1.807, 2.05) is 77.4 Å². The summed E-state index contributed by atoms with van der Waals surface area (Å²) < 4.78 is 2.00. The van der Waals surface area contributed by atoms with Crippen LogP contribution in [0.1, 0.15) is 5.56 Å². The van der Waals surface area contributed by atoms with Gasteiger partial charge < -0.3 is 9.80 Å². The van der Waals surface area contributed by atoms with Crippen molar-refractivity contribution in [1.82, 2.24) is 19.5 Å². The molecule has 2 aromatic heterocycles. The lowest BCUT2D eigenvalue weighted by Crippen LogP contribution is -2.47. The molecule has 0 radical (unpaired) electrons. The summed E-state index contributed by atoms with van der Waals surface area (Å²) in [5.74, 6) is 1.46. The van der Waals surface area contributed by atoms with E-state index in [9.17, 15) is 5.26 Å². The van der Waals surface area contributed by atoms with Crippen molar-refractivity contribution in [3.63, 3.8) is 0 Å². The van der Waals surface area contributed by atoms with E-state index in [1.165, 1.54) is 0 Å². The van der Waals surface area contributed by atoms with Gasteiger partial charge in [0.25, 0.3) is 0 Å². The summed E-state index contributed by atoms with van der Waals surface area (Å²) in [6.07, 6.45) is 1.58. The van der Waals surface area contributed by atoms with E-state index in [-0.39, 0.29) is 0 Å². The van der Waals surface area contributed by atoms with Gasteiger partial charge in [-0.15, -0.1) is 0 Å². The third-order valence-electron chi connectivity index (χ3n) is 6.57. The highest BCUT2D eigenvalue weighted by Gasteiger charge is 2.25. The van der Waals surface area contributed by atoms with Crippen molar-refractivity contribution in [2.45, 2.75) is 0 Å². The summed E-state index contributed by atoms with van der Waals surface area (Å²) in [5, 5.41) is 10.8. The van der Waals surface area contributed by atoms with Gasteiger partial charge in [0, 0.05) is 42.5 Å². The van der Waals surface area contributed by atoms with Crippen molar-refractivity contribution in [2.75, 3.05) is 36.0 Å². The number of hydrogen-bond acceptors (Lipinski definition) is 6. The van der Waals surface area contributed by atoms with Gasteiger partial charge in [-0.05, 0) is 48.5 Å². The minimum Gasteiger partial charge on any atom is -0.367 e. The van der Waals surface area contributed by atoms with Gasteiger partial charge in [0.2, 0.25) is 0 Å². The molecule has 6 rings (SSSR count). The van der Waals surface area contributed by atoms with Gasteiger partial charge >= 0.3 is 0 Å². The third kappa shape index (κ3) is 4.25. The highest BCUT2D eigenvalue weighted by Crippen LogP contribution is 2.35. The Morgan fingerprint density at radius 3 is 2.24 bits per heavy atom. The molecule has 3 heterocycles. The predicted molar refractivity (Wildman–Crippen MR) is 148 cm³/mol. The largest absolute Gasteiger partial charge is 0.367 e. The van der Waals surface area contributed by atoms with Gasteiger partial charge in [0.15, 0.2) is 17.0 Å². The van der Waals surface area contributed by atoms with Crippen LogP contribution in [0.4, 0.5) is 11.5 Å². The minimum atomic E-state index is 0.604. The Bertz CT molecular complexity index is 1630. The molecule has 0 amide bonds. The molecule has 182 valence electrons. The lowest BCUT2D eigenvalue weighted by molar-refractivity contribution is 0.648. The zero-order valence-electron chi connectivity index (χ0n) is 19.7. The van der Waals surface area contributed by atoms with Crippen LogP contribution in [0.3, 0.4) is 0 Å². The number of imidazole rings is 1. The molecule has 1 fully saturated rings. The van der Waals surface area contributed by atoms with Crippen LogP contribution in [0.5, 0.6) is 0 Å². The van der Waals surface area contributed by atoms with Crippen molar-refractivity contribution in [2.24, 2.45) is 0 Å². The number of anilines is 2. The molecule has 1 aliphatic heterocycles. The monoisotopic (exact) mass is 525 g/mol. The van der Waals surface area contributed by atoms with Crippen LogP contribution in [0.25, 0.3) is 28.2 Å². The maximum Gasteiger partial charge on any atom is 0.170 e. The average molecular weight is 526 g/mol. The van der Waals surface area contributed by atoms with E-state index in [0.29, 0.717) is 32.6 Å². The van der Waals surface area contributed by atoms with E-state index in [0.717, 1.165) is 48.9 Å². The Balaban J connectivity index is 1.42. The Labute approximate surface area is 224 Å². The van der Waals surface area contributed by atoms with E-state index in [1.54, 1.807) is 6.33 Å². The SMILES string of the molecule is N#Cc1ccccc1N1CCN(c2ncnc3c2nc(-c2ccccc2Cl)n3-c2ccc(Cl)cc2)CC1. The van der Waals surface area contributed by atoms with Crippen LogP contribution >= 0.6 is 23.2 Å². The standard InChI is InChI=1S/C28H21Cl2N7/c29-20-9-11-21(12-10-20)37-26(22-6-2-3-7-23(22)30)34-25-27(32-18-33-28(25)37)36-15-13-35(14-16-36)24-8-4-1-5-19(24)17-31/h1-12,18H,13-16H2. The van der Waals surface area contributed by atoms with E-state index in [2.05, 4.69) is 25.8 Å². The summed E-state index contributed by atoms with van der Waals surface area (Å²) in [7, 11) is 0. The van der Waals surface area contributed by atoms with Gasteiger partial charge in [-0.1, -0.05) is 47.5 Å². The molecule has 3 aromatic carbocycles. The number of fused-ring (bicyclic) bond motifs is 1.